The number of nitrogens with zero attached hydrogens (tertiary/aromatic N) is 1. The Morgan fingerprint density at radius 3 is 2.44 bits per heavy atom. The van der Waals surface area contributed by atoms with Crippen LogP contribution in [0.1, 0.15) is 39.5 Å². The fourth-order valence-electron chi connectivity index (χ4n) is 2.51. The van der Waals surface area contributed by atoms with Crippen molar-refractivity contribution in [1.29, 1.82) is 0 Å². The third-order valence-corrected chi connectivity index (χ3v) is 3.65. The molecule has 3 nitrogen and oxygen atoms in total. The molecule has 1 fully saturated rings. The third-order valence-electron chi connectivity index (χ3n) is 3.65. The molecule has 1 rings (SSSR count). The van der Waals surface area contributed by atoms with E-state index in [2.05, 4.69) is 24.1 Å². The summed E-state index contributed by atoms with van der Waals surface area (Å²) in [5, 5.41) is 13.3. The molecule has 0 aliphatic heterocycles. The Kier molecular flexibility index (Phi) is 7.01. The van der Waals surface area contributed by atoms with Gasteiger partial charge in [-0.1, -0.05) is 26.7 Å². The Labute approximate surface area is 100 Å². The summed E-state index contributed by atoms with van der Waals surface area (Å²) in [6.45, 7) is 8.96. The second-order valence-electron chi connectivity index (χ2n) is 4.95. The molecule has 1 unspecified atom stereocenters. The fraction of sp³-hybridized carbons (Fsp3) is 1.00. The normalized spacial score (nSPS) is 19.5. The van der Waals surface area contributed by atoms with Crippen molar-refractivity contribution in [3.8, 4) is 0 Å². The molecular formula is C13H28N2O. The van der Waals surface area contributed by atoms with Gasteiger partial charge < -0.3 is 15.3 Å². The van der Waals surface area contributed by atoms with E-state index in [0.717, 1.165) is 38.6 Å². The summed E-state index contributed by atoms with van der Waals surface area (Å²) in [5.41, 5.74) is 0. The quantitative estimate of drug-likeness (QED) is 0.660. The van der Waals surface area contributed by atoms with E-state index in [1.807, 2.05) is 0 Å². The zero-order valence-electron chi connectivity index (χ0n) is 10.9. The van der Waals surface area contributed by atoms with Crippen LogP contribution >= 0.6 is 0 Å². The van der Waals surface area contributed by atoms with Crippen molar-refractivity contribution < 1.29 is 5.11 Å². The predicted octanol–water partition coefficient (Wildman–Crippen LogP) is 1.47. The third kappa shape index (κ3) is 5.28. The molecule has 16 heavy (non-hydrogen) atoms. The standard InChI is InChI=1S/C13H28N2O/c1-3-15(4-2)11-13(16)10-14-9-12-7-5-6-8-12/h12-14,16H,3-11H2,1-2H3. The fourth-order valence-corrected chi connectivity index (χ4v) is 2.51. The summed E-state index contributed by atoms with van der Waals surface area (Å²) >= 11 is 0. The first-order valence-corrected chi connectivity index (χ1v) is 6.87. The van der Waals surface area contributed by atoms with Crippen molar-refractivity contribution >= 4 is 0 Å². The van der Waals surface area contributed by atoms with E-state index < -0.39 is 0 Å². The minimum absolute atomic E-state index is 0.221. The maximum Gasteiger partial charge on any atom is 0.0791 e. The molecule has 1 saturated carbocycles. The van der Waals surface area contributed by atoms with Gasteiger partial charge >= 0.3 is 0 Å². The molecule has 2 N–H and O–H groups in total. The molecule has 96 valence electrons. The van der Waals surface area contributed by atoms with Crippen LogP contribution in [0.15, 0.2) is 0 Å². The van der Waals surface area contributed by atoms with Gasteiger partial charge in [-0.05, 0) is 38.4 Å². The Bertz CT molecular complexity index is 165. The second-order valence-corrected chi connectivity index (χ2v) is 4.95. The Morgan fingerprint density at radius 2 is 1.88 bits per heavy atom. The summed E-state index contributed by atoms with van der Waals surface area (Å²) < 4.78 is 0. The molecule has 0 aromatic carbocycles. The molecule has 0 aromatic heterocycles. The van der Waals surface area contributed by atoms with E-state index in [0.29, 0.717) is 0 Å². The van der Waals surface area contributed by atoms with E-state index >= 15 is 0 Å². The number of rotatable bonds is 8. The van der Waals surface area contributed by atoms with E-state index in [9.17, 15) is 5.11 Å². The zero-order chi connectivity index (χ0) is 11.8. The molecule has 0 radical (unpaired) electrons. The maximum absolute atomic E-state index is 9.85. The van der Waals surface area contributed by atoms with E-state index in [4.69, 9.17) is 0 Å². The van der Waals surface area contributed by atoms with Crippen molar-refractivity contribution in [3.05, 3.63) is 0 Å². The molecule has 0 bridgehead atoms. The highest BCUT2D eigenvalue weighted by Crippen LogP contribution is 2.23. The smallest absolute Gasteiger partial charge is 0.0791 e. The summed E-state index contributed by atoms with van der Waals surface area (Å²) in [6, 6.07) is 0. The SMILES string of the molecule is CCN(CC)CC(O)CNCC1CCCC1. The van der Waals surface area contributed by atoms with Crippen LogP contribution in [0.2, 0.25) is 0 Å². The molecule has 0 heterocycles. The molecule has 3 heteroatoms. The van der Waals surface area contributed by atoms with Crippen LogP contribution in [-0.4, -0.2) is 48.8 Å². The number of nitrogens with one attached hydrogen (secondary N) is 1. The highest BCUT2D eigenvalue weighted by Gasteiger charge is 2.15. The highest BCUT2D eigenvalue weighted by atomic mass is 16.3. The van der Waals surface area contributed by atoms with Gasteiger partial charge in [0.25, 0.3) is 0 Å². The lowest BCUT2D eigenvalue weighted by atomic mass is 10.1. The van der Waals surface area contributed by atoms with Gasteiger partial charge in [-0.15, -0.1) is 0 Å². The van der Waals surface area contributed by atoms with Gasteiger partial charge in [-0.3, -0.25) is 0 Å². The summed E-state index contributed by atoms with van der Waals surface area (Å²) in [4.78, 5) is 2.27. The van der Waals surface area contributed by atoms with Gasteiger partial charge in [0, 0.05) is 13.1 Å². The summed E-state index contributed by atoms with van der Waals surface area (Å²) in [7, 11) is 0. The summed E-state index contributed by atoms with van der Waals surface area (Å²) in [5.74, 6) is 0.862. The van der Waals surface area contributed by atoms with Crippen LogP contribution in [0.25, 0.3) is 0 Å². The molecular weight excluding hydrogens is 200 g/mol. The lowest BCUT2D eigenvalue weighted by molar-refractivity contribution is 0.116. The van der Waals surface area contributed by atoms with Crippen LogP contribution in [0, 0.1) is 5.92 Å². The molecule has 1 aliphatic carbocycles. The van der Waals surface area contributed by atoms with Crippen LogP contribution < -0.4 is 5.32 Å². The lowest BCUT2D eigenvalue weighted by Gasteiger charge is -2.22. The van der Waals surface area contributed by atoms with Gasteiger partial charge in [0.2, 0.25) is 0 Å². The van der Waals surface area contributed by atoms with Crippen LogP contribution in [-0.2, 0) is 0 Å². The van der Waals surface area contributed by atoms with Crippen LogP contribution in [0.5, 0.6) is 0 Å². The van der Waals surface area contributed by atoms with Gasteiger partial charge in [-0.2, -0.15) is 0 Å². The number of hydrogen-bond acceptors (Lipinski definition) is 3. The lowest BCUT2D eigenvalue weighted by Crippen LogP contribution is -2.39. The van der Waals surface area contributed by atoms with E-state index in [-0.39, 0.29) is 6.10 Å². The predicted molar refractivity (Wildman–Crippen MR) is 68.6 cm³/mol. The number of hydrogen-bond donors (Lipinski definition) is 2. The monoisotopic (exact) mass is 228 g/mol. The molecule has 0 saturated heterocycles. The molecule has 0 spiro atoms. The number of likely N-dealkylation sites (N-methyl/N-ethyl adjacent to an activating group) is 1. The average molecular weight is 228 g/mol. The topological polar surface area (TPSA) is 35.5 Å². The van der Waals surface area contributed by atoms with Crippen molar-refractivity contribution in [2.75, 3.05) is 32.7 Å². The first-order chi connectivity index (χ1) is 7.76. The van der Waals surface area contributed by atoms with Gasteiger partial charge in [0.05, 0.1) is 6.10 Å². The maximum atomic E-state index is 9.85. The van der Waals surface area contributed by atoms with Gasteiger partial charge in [0.1, 0.15) is 0 Å². The molecule has 1 atom stereocenters. The van der Waals surface area contributed by atoms with Crippen molar-refractivity contribution in [2.45, 2.75) is 45.6 Å². The van der Waals surface area contributed by atoms with Crippen molar-refractivity contribution in [2.24, 2.45) is 5.92 Å². The molecule has 0 amide bonds. The minimum Gasteiger partial charge on any atom is -0.390 e. The first-order valence-electron chi connectivity index (χ1n) is 6.87. The molecule has 1 aliphatic rings. The number of aliphatic hydroxyl groups is 1. The van der Waals surface area contributed by atoms with Gasteiger partial charge in [-0.25, -0.2) is 0 Å². The van der Waals surface area contributed by atoms with E-state index in [1.54, 1.807) is 0 Å². The second kappa shape index (κ2) is 8.04. The molecule has 0 aromatic rings. The average Bonchev–Trinajstić information content (AvgIpc) is 2.79. The Hall–Kier alpha value is -0.120. The Morgan fingerprint density at radius 1 is 1.25 bits per heavy atom. The minimum atomic E-state index is -0.221. The highest BCUT2D eigenvalue weighted by molar-refractivity contribution is 4.71. The van der Waals surface area contributed by atoms with Gasteiger partial charge in [0.15, 0.2) is 0 Å². The van der Waals surface area contributed by atoms with Crippen molar-refractivity contribution in [3.63, 3.8) is 0 Å². The van der Waals surface area contributed by atoms with Crippen LogP contribution in [0.4, 0.5) is 0 Å². The van der Waals surface area contributed by atoms with Crippen molar-refractivity contribution in [1.82, 2.24) is 10.2 Å². The Balaban J connectivity index is 2.02. The largest absolute Gasteiger partial charge is 0.390 e. The van der Waals surface area contributed by atoms with Crippen LogP contribution in [0.3, 0.4) is 0 Å². The summed E-state index contributed by atoms with van der Waals surface area (Å²) in [6.07, 6.45) is 5.32. The van der Waals surface area contributed by atoms with E-state index in [1.165, 1.54) is 25.7 Å². The first kappa shape index (κ1) is 13.9. The zero-order valence-corrected chi connectivity index (χ0v) is 10.9. The number of aliphatic hydroxyl groups excluding tert-OH is 1.